The molecular weight excluding hydrogens is 164 g/mol. The second-order valence-corrected chi connectivity index (χ2v) is 3.53. The molecule has 1 aromatic carbocycles. The van der Waals surface area contributed by atoms with E-state index in [0.29, 0.717) is 0 Å². The average Bonchev–Trinajstić information content (AvgIpc) is 2.48. The quantitative estimate of drug-likeness (QED) is 0.750. The molecule has 0 aliphatic heterocycles. The Morgan fingerprint density at radius 1 is 1.46 bits per heavy atom. The molecule has 0 fully saturated rings. The van der Waals surface area contributed by atoms with Gasteiger partial charge in [-0.15, -0.1) is 0 Å². The van der Waals surface area contributed by atoms with Gasteiger partial charge in [-0.2, -0.15) is 0 Å². The lowest BCUT2D eigenvalue weighted by molar-refractivity contribution is -0.137. The van der Waals surface area contributed by atoms with Gasteiger partial charge in [0.2, 0.25) is 0 Å². The van der Waals surface area contributed by atoms with Crippen LogP contribution in [0.5, 0.6) is 0 Å². The SMILES string of the molecule is O=C(O)CC1CCc2ccccc21. The van der Waals surface area contributed by atoms with Crippen LogP contribution in [0.15, 0.2) is 24.3 Å². The number of aliphatic carboxylic acids is 1. The summed E-state index contributed by atoms with van der Waals surface area (Å²) >= 11 is 0. The van der Waals surface area contributed by atoms with E-state index in [0.717, 1.165) is 12.8 Å². The minimum absolute atomic E-state index is 0.244. The minimum atomic E-state index is -0.693. The summed E-state index contributed by atoms with van der Waals surface area (Å²) < 4.78 is 0. The summed E-state index contributed by atoms with van der Waals surface area (Å²) in [5.41, 5.74) is 2.57. The maximum atomic E-state index is 10.6. The van der Waals surface area contributed by atoms with Crippen molar-refractivity contribution in [3.05, 3.63) is 35.4 Å². The number of hydrogen-bond donors (Lipinski definition) is 1. The number of carboxylic acid groups (broad SMARTS) is 1. The van der Waals surface area contributed by atoms with Crippen molar-refractivity contribution in [2.24, 2.45) is 0 Å². The van der Waals surface area contributed by atoms with E-state index in [4.69, 9.17) is 5.11 Å². The molecule has 0 spiro atoms. The molecule has 1 N–H and O–H groups in total. The van der Waals surface area contributed by atoms with Gasteiger partial charge < -0.3 is 5.11 Å². The average molecular weight is 176 g/mol. The van der Waals surface area contributed by atoms with Gasteiger partial charge in [0, 0.05) is 0 Å². The number of benzene rings is 1. The number of hydrogen-bond acceptors (Lipinski definition) is 1. The van der Waals surface area contributed by atoms with Crippen molar-refractivity contribution >= 4 is 5.97 Å². The summed E-state index contributed by atoms with van der Waals surface area (Å²) in [5, 5.41) is 8.70. The van der Waals surface area contributed by atoms with Crippen molar-refractivity contribution in [2.75, 3.05) is 0 Å². The van der Waals surface area contributed by atoms with Crippen molar-refractivity contribution in [2.45, 2.75) is 25.2 Å². The molecule has 1 aliphatic rings. The summed E-state index contributed by atoms with van der Waals surface area (Å²) in [5.74, 6) is -0.449. The van der Waals surface area contributed by atoms with Crippen molar-refractivity contribution in [3.8, 4) is 0 Å². The Kier molecular flexibility index (Phi) is 2.05. The smallest absolute Gasteiger partial charge is 0.303 e. The summed E-state index contributed by atoms with van der Waals surface area (Å²) in [7, 11) is 0. The molecule has 0 saturated heterocycles. The zero-order valence-electron chi connectivity index (χ0n) is 7.36. The third kappa shape index (κ3) is 1.57. The van der Waals surface area contributed by atoms with E-state index < -0.39 is 5.97 Å². The second-order valence-electron chi connectivity index (χ2n) is 3.53. The maximum absolute atomic E-state index is 10.6. The Hall–Kier alpha value is -1.31. The van der Waals surface area contributed by atoms with E-state index >= 15 is 0 Å². The lowest BCUT2D eigenvalue weighted by atomic mass is 9.98. The molecule has 1 atom stereocenters. The van der Waals surface area contributed by atoms with Gasteiger partial charge in [-0.3, -0.25) is 4.79 Å². The molecule has 0 heterocycles. The number of rotatable bonds is 2. The van der Waals surface area contributed by atoms with Crippen LogP contribution < -0.4 is 0 Å². The van der Waals surface area contributed by atoms with Crippen LogP contribution in [0.2, 0.25) is 0 Å². The molecule has 68 valence electrons. The largest absolute Gasteiger partial charge is 0.481 e. The van der Waals surface area contributed by atoms with E-state index in [9.17, 15) is 4.79 Å². The van der Waals surface area contributed by atoms with Gasteiger partial charge in [-0.25, -0.2) is 0 Å². The minimum Gasteiger partial charge on any atom is -0.481 e. The molecule has 0 aromatic heterocycles. The lowest BCUT2D eigenvalue weighted by Crippen LogP contribution is -2.02. The van der Waals surface area contributed by atoms with Crippen molar-refractivity contribution in [3.63, 3.8) is 0 Å². The highest BCUT2D eigenvalue weighted by Gasteiger charge is 2.23. The van der Waals surface area contributed by atoms with Crippen LogP contribution in [0.25, 0.3) is 0 Å². The van der Waals surface area contributed by atoms with Crippen LogP contribution in [0.3, 0.4) is 0 Å². The number of fused-ring (bicyclic) bond motifs is 1. The monoisotopic (exact) mass is 176 g/mol. The topological polar surface area (TPSA) is 37.3 Å². The molecule has 2 heteroatoms. The second kappa shape index (κ2) is 3.21. The molecule has 2 nitrogen and oxygen atoms in total. The van der Waals surface area contributed by atoms with Crippen molar-refractivity contribution in [1.82, 2.24) is 0 Å². The van der Waals surface area contributed by atoms with E-state index in [1.807, 2.05) is 12.1 Å². The van der Waals surface area contributed by atoms with Gasteiger partial charge in [0.05, 0.1) is 6.42 Å². The number of carbonyl (C=O) groups is 1. The Bertz CT molecular complexity index is 331. The Morgan fingerprint density at radius 3 is 3.00 bits per heavy atom. The molecule has 13 heavy (non-hydrogen) atoms. The number of carboxylic acids is 1. The van der Waals surface area contributed by atoms with Gasteiger partial charge >= 0.3 is 5.97 Å². The molecular formula is C11H12O2. The first-order valence-electron chi connectivity index (χ1n) is 4.57. The Balaban J connectivity index is 2.23. The third-order valence-corrected chi connectivity index (χ3v) is 2.68. The Morgan fingerprint density at radius 2 is 2.23 bits per heavy atom. The van der Waals surface area contributed by atoms with Crippen LogP contribution in [0.4, 0.5) is 0 Å². The van der Waals surface area contributed by atoms with Crippen LogP contribution in [0.1, 0.15) is 29.9 Å². The highest BCUT2D eigenvalue weighted by Crippen LogP contribution is 2.34. The molecule has 1 aromatic rings. The molecule has 0 radical (unpaired) electrons. The fourth-order valence-electron chi connectivity index (χ4n) is 2.07. The standard InChI is InChI=1S/C11H12O2/c12-11(13)7-9-6-5-8-3-1-2-4-10(8)9/h1-4,9H,5-7H2,(H,12,13). The van der Waals surface area contributed by atoms with Gasteiger partial charge in [0.25, 0.3) is 0 Å². The van der Waals surface area contributed by atoms with Gasteiger partial charge in [-0.05, 0) is 29.9 Å². The predicted molar refractivity (Wildman–Crippen MR) is 49.8 cm³/mol. The van der Waals surface area contributed by atoms with E-state index in [2.05, 4.69) is 12.1 Å². The van der Waals surface area contributed by atoms with E-state index in [1.165, 1.54) is 11.1 Å². The summed E-state index contributed by atoms with van der Waals surface area (Å²) in [6.45, 7) is 0. The first-order chi connectivity index (χ1) is 6.27. The van der Waals surface area contributed by atoms with Crippen LogP contribution >= 0.6 is 0 Å². The predicted octanol–water partition coefficient (Wildman–Crippen LogP) is 2.19. The van der Waals surface area contributed by atoms with E-state index in [-0.39, 0.29) is 12.3 Å². The fraction of sp³-hybridized carbons (Fsp3) is 0.364. The van der Waals surface area contributed by atoms with Gasteiger partial charge in [0.15, 0.2) is 0 Å². The highest BCUT2D eigenvalue weighted by atomic mass is 16.4. The lowest BCUT2D eigenvalue weighted by Gasteiger charge is -2.07. The maximum Gasteiger partial charge on any atom is 0.303 e. The molecule has 1 aliphatic carbocycles. The van der Waals surface area contributed by atoms with Gasteiger partial charge in [0.1, 0.15) is 0 Å². The van der Waals surface area contributed by atoms with Gasteiger partial charge in [-0.1, -0.05) is 24.3 Å². The summed E-state index contributed by atoms with van der Waals surface area (Å²) in [6, 6.07) is 8.15. The summed E-state index contributed by atoms with van der Waals surface area (Å²) in [6.07, 6.45) is 2.30. The molecule has 0 bridgehead atoms. The molecule has 0 amide bonds. The van der Waals surface area contributed by atoms with Crippen LogP contribution in [-0.4, -0.2) is 11.1 Å². The Labute approximate surface area is 77.2 Å². The van der Waals surface area contributed by atoms with Crippen molar-refractivity contribution < 1.29 is 9.90 Å². The first kappa shape index (κ1) is 8.30. The normalized spacial score (nSPS) is 19.8. The van der Waals surface area contributed by atoms with Crippen LogP contribution in [0, 0.1) is 0 Å². The highest BCUT2D eigenvalue weighted by molar-refractivity contribution is 5.68. The molecule has 0 saturated carbocycles. The van der Waals surface area contributed by atoms with E-state index in [1.54, 1.807) is 0 Å². The molecule has 2 rings (SSSR count). The number of aryl methyl sites for hydroxylation is 1. The molecule has 1 unspecified atom stereocenters. The zero-order valence-corrected chi connectivity index (χ0v) is 7.36. The van der Waals surface area contributed by atoms with Crippen LogP contribution in [-0.2, 0) is 11.2 Å². The first-order valence-corrected chi connectivity index (χ1v) is 4.57. The zero-order chi connectivity index (χ0) is 9.26. The fourth-order valence-corrected chi connectivity index (χ4v) is 2.07. The third-order valence-electron chi connectivity index (χ3n) is 2.68. The summed E-state index contributed by atoms with van der Waals surface area (Å²) in [4.78, 5) is 10.6. The van der Waals surface area contributed by atoms with Crippen molar-refractivity contribution in [1.29, 1.82) is 0 Å².